The average molecular weight is 598 g/mol. The van der Waals surface area contributed by atoms with Gasteiger partial charge in [-0.05, 0) is 141 Å². The quantitative estimate of drug-likeness (QED) is 0.221. The summed E-state index contributed by atoms with van der Waals surface area (Å²) in [5.41, 5.74) is 6.00. The van der Waals surface area contributed by atoms with Crippen molar-refractivity contribution in [2.24, 2.45) is 5.41 Å². The Kier molecular flexibility index (Phi) is 11.7. The molecule has 6 heteroatoms. The zero-order valence-electron chi connectivity index (χ0n) is 26.1. The molecule has 1 N–H and O–H groups in total. The van der Waals surface area contributed by atoms with Crippen LogP contribution < -0.4 is 0 Å². The molecule has 0 radical (unpaired) electrons. The molecule has 2 aromatic carbocycles. The van der Waals surface area contributed by atoms with E-state index in [9.17, 15) is 17.9 Å². The number of benzene rings is 2. The maximum Gasteiger partial charge on any atom is 0.150 e. The van der Waals surface area contributed by atoms with E-state index < -0.39 is 9.84 Å². The Balaban J connectivity index is 1.26. The van der Waals surface area contributed by atoms with Crippen LogP contribution >= 0.6 is 0 Å². The average Bonchev–Trinajstić information content (AvgIpc) is 3.29. The van der Waals surface area contributed by atoms with Gasteiger partial charge in [0.05, 0.1) is 11.5 Å². The number of phenolic OH excluding ortho intramolecular Hbond substituents is 1. The molecule has 4 rings (SSSR count). The lowest BCUT2D eigenvalue weighted by molar-refractivity contribution is 0.236. The molecule has 1 fully saturated rings. The normalized spacial score (nSPS) is 18.3. The maximum absolute atomic E-state index is 14.2. The number of aromatic hydroxyl groups is 1. The Hall–Kier alpha value is -2.18. The van der Waals surface area contributed by atoms with Crippen LogP contribution in [0.3, 0.4) is 0 Å². The summed E-state index contributed by atoms with van der Waals surface area (Å²) in [6.07, 6.45) is 13.3. The second kappa shape index (κ2) is 15.0. The predicted octanol–water partition coefficient (Wildman–Crippen LogP) is 8.82. The number of aryl methyl sites for hydroxylation is 1. The molecule has 4 nitrogen and oxygen atoms in total. The first-order valence-electron chi connectivity index (χ1n) is 16.3. The number of nitrogens with zero attached hydrogens (tertiary/aromatic N) is 1. The van der Waals surface area contributed by atoms with Crippen LogP contribution in [0.25, 0.3) is 11.1 Å². The summed E-state index contributed by atoms with van der Waals surface area (Å²) < 4.78 is 39.1. The van der Waals surface area contributed by atoms with Gasteiger partial charge in [-0.15, -0.1) is 0 Å². The van der Waals surface area contributed by atoms with Crippen LogP contribution in [0.5, 0.6) is 5.75 Å². The molecule has 0 aromatic heterocycles. The first kappa shape index (κ1) is 32.7. The zero-order valence-corrected chi connectivity index (χ0v) is 27.0. The van der Waals surface area contributed by atoms with Gasteiger partial charge in [-0.2, -0.15) is 0 Å². The number of hydrogen-bond acceptors (Lipinski definition) is 4. The predicted molar refractivity (Wildman–Crippen MR) is 174 cm³/mol. The van der Waals surface area contributed by atoms with Crippen molar-refractivity contribution in [2.45, 2.75) is 110 Å². The molecular formula is C36H52FNO3S. The first-order valence-corrected chi connectivity index (χ1v) is 18.1. The highest BCUT2D eigenvalue weighted by Crippen LogP contribution is 2.40. The number of unbranched alkanes of at least 4 members (excludes halogenated alkanes) is 3. The van der Waals surface area contributed by atoms with Crippen LogP contribution in [0, 0.1) is 11.2 Å². The van der Waals surface area contributed by atoms with Gasteiger partial charge in [-0.1, -0.05) is 51.8 Å². The molecule has 1 unspecified atom stereocenters. The largest absolute Gasteiger partial charge is 0.508 e. The van der Waals surface area contributed by atoms with Crippen molar-refractivity contribution in [1.82, 2.24) is 4.90 Å². The minimum absolute atomic E-state index is 0.0556. The number of phenols is 1. The summed E-state index contributed by atoms with van der Waals surface area (Å²) in [5, 5.41) is 10.1. The summed E-state index contributed by atoms with van der Waals surface area (Å²) in [7, 11) is -2.96. The van der Waals surface area contributed by atoms with E-state index in [0.717, 1.165) is 76.4 Å². The summed E-state index contributed by atoms with van der Waals surface area (Å²) in [6, 6.07) is 13.3. The van der Waals surface area contributed by atoms with Gasteiger partial charge in [0.2, 0.25) is 0 Å². The van der Waals surface area contributed by atoms with E-state index in [2.05, 4.69) is 25.7 Å². The molecule has 232 valence electrons. The highest BCUT2D eigenvalue weighted by Gasteiger charge is 2.25. The lowest BCUT2D eigenvalue weighted by Gasteiger charge is -2.24. The molecule has 1 aliphatic heterocycles. The van der Waals surface area contributed by atoms with Crippen LogP contribution in [0.1, 0.15) is 115 Å². The maximum atomic E-state index is 14.2. The third-order valence-electron chi connectivity index (χ3n) is 9.10. The van der Waals surface area contributed by atoms with Gasteiger partial charge in [0, 0.05) is 6.04 Å². The lowest BCUT2D eigenvalue weighted by atomic mass is 9.89. The molecule has 1 aliphatic carbocycles. The van der Waals surface area contributed by atoms with Crippen LogP contribution in [-0.2, 0) is 16.3 Å². The van der Waals surface area contributed by atoms with Crippen molar-refractivity contribution in [1.29, 1.82) is 0 Å². The fourth-order valence-corrected chi connectivity index (χ4v) is 8.45. The van der Waals surface area contributed by atoms with Gasteiger partial charge in [-0.3, -0.25) is 0 Å². The van der Waals surface area contributed by atoms with Gasteiger partial charge in [-0.25, -0.2) is 12.8 Å². The summed E-state index contributed by atoms with van der Waals surface area (Å²) in [5.74, 6) is 0.741. The number of fused-ring (bicyclic) bond motifs is 1. The lowest BCUT2D eigenvalue weighted by Crippen LogP contribution is -2.31. The standard InChI is InChI=1S/C36H52FNO3S/c1-36(2,3)21-25-42(40,41)24-11-16-31-15-10-23-38(31)22-7-5-4-6-17-35-33(28-12-8-14-30(37)26-28)18-9-13-29-27-32(39)19-20-34(29)35/h8,12,14,19-20,26-27,31,39H,4-7,9-11,13,15-18,21-25H2,1-3H3. The van der Waals surface area contributed by atoms with Crippen molar-refractivity contribution in [2.75, 3.05) is 24.6 Å². The highest BCUT2D eigenvalue weighted by atomic mass is 32.2. The van der Waals surface area contributed by atoms with Gasteiger partial charge in [0.1, 0.15) is 21.4 Å². The Bertz CT molecular complexity index is 1310. The Morgan fingerprint density at radius 1 is 0.952 bits per heavy atom. The van der Waals surface area contributed by atoms with Crippen LogP contribution in [0.15, 0.2) is 42.5 Å². The smallest absolute Gasteiger partial charge is 0.150 e. The number of hydrogen-bond donors (Lipinski definition) is 1. The highest BCUT2D eigenvalue weighted by molar-refractivity contribution is 7.91. The summed E-state index contributed by atoms with van der Waals surface area (Å²) in [4.78, 5) is 2.60. The minimum atomic E-state index is -2.96. The zero-order chi connectivity index (χ0) is 30.2. The molecule has 1 atom stereocenters. The van der Waals surface area contributed by atoms with E-state index in [1.54, 1.807) is 18.2 Å². The molecule has 0 spiro atoms. The van der Waals surface area contributed by atoms with Gasteiger partial charge >= 0.3 is 0 Å². The van der Waals surface area contributed by atoms with Crippen LogP contribution in [0.4, 0.5) is 4.39 Å². The van der Waals surface area contributed by atoms with Gasteiger partial charge in [0.15, 0.2) is 0 Å². The summed E-state index contributed by atoms with van der Waals surface area (Å²) in [6.45, 7) is 8.53. The Morgan fingerprint density at radius 2 is 1.76 bits per heavy atom. The Morgan fingerprint density at radius 3 is 2.55 bits per heavy atom. The fraction of sp³-hybridized carbons (Fsp3) is 0.611. The number of rotatable bonds is 14. The van der Waals surface area contributed by atoms with Crippen LogP contribution in [-0.4, -0.2) is 49.1 Å². The minimum Gasteiger partial charge on any atom is -0.508 e. The second-order valence-corrected chi connectivity index (χ2v) is 16.1. The molecule has 0 saturated carbocycles. The molecular weight excluding hydrogens is 545 g/mol. The summed E-state index contributed by atoms with van der Waals surface area (Å²) >= 11 is 0. The first-order chi connectivity index (χ1) is 20.0. The van der Waals surface area contributed by atoms with E-state index in [0.29, 0.717) is 23.3 Å². The molecule has 0 bridgehead atoms. The monoisotopic (exact) mass is 597 g/mol. The van der Waals surface area contributed by atoms with Gasteiger partial charge < -0.3 is 10.0 Å². The third-order valence-corrected chi connectivity index (χ3v) is 10.8. The van der Waals surface area contributed by atoms with E-state index >= 15 is 0 Å². The number of likely N-dealkylation sites (tertiary alicyclic amines) is 1. The van der Waals surface area contributed by atoms with E-state index in [-0.39, 0.29) is 11.2 Å². The van der Waals surface area contributed by atoms with E-state index in [1.807, 2.05) is 18.2 Å². The Labute approximate surface area is 254 Å². The molecule has 1 heterocycles. The van der Waals surface area contributed by atoms with E-state index in [4.69, 9.17) is 0 Å². The van der Waals surface area contributed by atoms with Crippen molar-refractivity contribution in [3.63, 3.8) is 0 Å². The van der Waals surface area contributed by atoms with Crippen molar-refractivity contribution < 1.29 is 17.9 Å². The van der Waals surface area contributed by atoms with E-state index in [1.165, 1.54) is 54.0 Å². The molecule has 0 amide bonds. The molecule has 1 saturated heterocycles. The molecule has 42 heavy (non-hydrogen) atoms. The van der Waals surface area contributed by atoms with Crippen LogP contribution in [0.2, 0.25) is 0 Å². The number of sulfone groups is 1. The molecule has 2 aliphatic rings. The number of halogens is 1. The third kappa shape index (κ3) is 9.94. The molecule has 2 aromatic rings. The topological polar surface area (TPSA) is 57.6 Å². The van der Waals surface area contributed by atoms with Crippen molar-refractivity contribution in [3.05, 3.63) is 65.0 Å². The number of allylic oxidation sites excluding steroid dienone is 2. The fourth-order valence-electron chi connectivity index (χ4n) is 6.72. The second-order valence-electron chi connectivity index (χ2n) is 13.8. The van der Waals surface area contributed by atoms with Crippen molar-refractivity contribution in [3.8, 4) is 5.75 Å². The van der Waals surface area contributed by atoms with Gasteiger partial charge in [0.25, 0.3) is 0 Å². The SMILES string of the molecule is CC(C)(C)CCS(=O)(=O)CCCC1CCCN1CCCCCCC1=C(c2cccc(F)c2)CCCc2cc(O)ccc21. The van der Waals surface area contributed by atoms with Crippen molar-refractivity contribution >= 4 is 21.0 Å².